The van der Waals surface area contributed by atoms with Crippen LogP contribution in [0.4, 0.5) is 0 Å². The number of amides is 2. The summed E-state index contributed by atoms with van der Waals surface area (Å²) in [5.41, 5.74) is 0. The molecule has 0 saturated carbocycles. The number of rotatable bonds is 7. The van der Waals surface area contributed by atoms with Crippen molar-refractivity contribution >= 4 is 11.8 Å². The molecule has 0 bridgehead atoms. The molecule has 1 saturated heterocycles. The van der Waals surface area contributed by atoms with Crippen LogP contribution in [0.2, 0.25) is 0 Å². The molecule has 2 amide bonds. The van der Waals surface area contributed by atoms with Crippen LogP contribution in [0, 0.1) is 11.8 Å². The lowest BCUT2D eigenvalue weighted by Crippen LogP contribution is -2.34. The molecule has 6 heteroatoms. The van der Waals surface area contributed by atoms with Crippen LogP contribution in [-0.2, 0) is 16.1 Å². The number of aromatic nitrogens is 2. The molecule has 1 aromatic rings. The van der Waals surface area contributed by atoms with E-state index in [2.05, 4.69) is 24.3 Å². The number of carbonyl (C=O) groups is 2. The van der Waals surface area contributed by atoms with Gasteiger partial charge in [0.25, 0.3) is 0 Å². The number of carbonyl (C=O) groups excluding carboxylic acids is 2. The van der Waals surface area contributed by atoms with Gasteiger partial charge in [-0.15, -0.1) is 0 Å². The lowest BCUT2D eigenvalue weighted by Gasteiger charge is -2.18. The van der Waals surface area contributed by atoms with E-state index in [0.717, 1.165) is 19.5 Å². The van der Waals surface area contributed by atoms with E-state index in [1.54, 1.807) is 11.1 Å². The summed E-state index contributed by atoms with van der Waals surface area (Å²) in [6.07, 6.45) is 4.83. The van der Waals surface area contributed by atoms with E-state index in [1.807, 2.05) is 16.9 Å². The molecule has 1 aliphatic heterocycles. The Bertz CT molecular complexity index is 470. The Morgan fingerprint density at radius 2 is 2.33 bits per heavy atom. The van der Waals surface area contributed by atoms with Crippen molar-refractivity contribution in [3.05, 3.63) is 18.5 Å². The molecule has 1 aromatic heterocycles. The molecular weight excluding hydrogens is 268 g/mol. The predicted octanol–water partition coefficient (Wildman–Crippen LogP) is 0.894. The number of hydrogen-bond acceptors (Lipinski definition) is 3. The fourth-order valence-corrected chi connectivity index (χ4v) is 2.59. The normalized spacial score (nSPS) is 18.5. The average molecular weight is 292 g/mol. The van der Waals surface area contributed by atoms with Gasteiger partial charge in [-0.1, -0.05) is 13.8 Å². The number of nitrogens with zero attached hydrogens (tertiary/aromatic N) is 3. The van der Waals surface area contributed by atoms with Crippen LogP contribution in [0.1, 0.15) is 26.7 Å². The zero-order chi connectivity index (χ0) is 15.2. The molecule has 1 fully saturated rings. The second-order valence-electron chi connectivity index (χ2n) is 6.01. The highest BCUT2D eigenvalue weighted by Gasteiger charge is 2.34. The van der Waals surface area contributed by atoms with Crippen molar-refractivity contribution in [2.45, 2.75) is 33.2 Å². The first kappa shape index (κ1) is 15.5. The van der Waals surface area contributed by atoms with Crippen LogP contribution >= 0.6 is 0 Å². The Labute approximate surface area is 125 Å². The van der Waals surface area contributed by atoms with Crippen LogP contribution in [0.5, 0.6) is 0 Å². The van der Waals surface area contributed by atoms with Gasteiger partial charge in [-0.3, -0.25) is 14.3 Å². The van der Waals surface area contributed by atoms with Gasteiger partial charge in [0.05, 0.1) is 5.92 Å². The SMILES string of the molecule is CC(C)CN1C[C@H](C(=O)NCCCn2cccn2)CC1=O. The molecule has 2 rings (SSSR count). The molecule has 1 atom stereocenters. The monoisotopic (exact) mass is 292 g/mol. The fraction of sp³-hybridized carbons (Fsp3) is 0.667. The summed E-state index contributed by atoms with van der Waals surface area (Å²) < 4.78 is 1.84. The summed E-state index contributed by atoms with van der Waals surface area (Å²) in [6, 6.07) is 1.88. The van der Waals surface area contributed by atoms with Crippen molar-refractivity contribution in [1.82, 2.24) is 20.0 Å². The van der Waals surface area contributed by atoms with Gasteiger partial charge in [0, 0.05) is 45.0 Å². The van der Waals surface area contributed by atoms with Crippen LogP contribution in [0.15, 0.2) is 18.5 Å². The third-order valence-electron chi connectivity index (χ3n) is 3.59. The molecule has 1 N–H and O–H groups in total. The first-order valence-electron chi connectivity index (χ1n) is 7.59. The fourth-order valence-electron chi connectivity index (χ4n) is 2.59. The Balaban J connectivity index is 1.68. The molecule has 0 unspecified atom stereocenters. The first-order valence-corrected chi connectivity index (χ1v) is 7.59. The van der Waals surface area contributed by atoms with Gasteiger partial charge in [0.2, 0.25) is 11.8 Å². The maximum atomic E-state index is 12.1. The molecule has 116 valence electrons. The van der Waals surface area contributed by atoms with Crippen LogP contribution in [-0.4, -0.2) is 46.1 Å². The third kappa shape index (κ3) is 4.58. The minimum atomic E-state index is -0.194. The number of nitrogens with one attached hydrogen (secondary N) is 1. The molecule has 1 aliphatic rings. The third-order valence-corrected chi connectivity index (χ3v) is 3.59. The summed E-state index contributed by atoms with van der Waals surface area (Å²) in [4.78, 5) is 25.7. The van der Waals surface area contributed by atoms with E-state index < -0.39 is 0 Å². The van der Waals surface area contributed by atoms with Crippen molar-refractivity contribution in [1.29, 1.82) is 0 Å². The topological polar surface area (TPSA) is 67.2 Å². The lowest BCUT2D eigenvalue weighted by atomic mass is 10.1. The number of likely N-dealkylation sites (tertiary alicyclic amines) is 1. The van der Waals surface area contributed by atoms with Gasteiger partial charge in [-0.25, -0.2) is 0 Å². The van der Waals surface area contributed by atoms with Crippen molar-refractivity contribution in [2.24, 2.45) is 11.8 Å². The summed E-state index contributed by atoms with van der Waals surface area (Å²) >= 11 is 0. The zero-order valence-corrected chi connectivity index (χ0v) is 12.8. The maximum Gasteiger partial charge on any atom is 0.225 e. The minimum absolute atomic E-state index is 0.00456. The highest BCUT2D eigenvalue weighted by molar-refractivity contribution is 5.89. The zero-order valence-electron chi connectivity index (χ0n) is 12.8. The van der Waals surface area contributed by atoms with Gasteiger partial charge >= 0.3 is 0 Å². The average Bonchev–Trinajstić information content (AvgIpc) is 3.05. The number of aryl methyl sites for hydroxylation is 1. The van der Waals surface area contributed by atoms with Gasteiger partial charge < -0.3 is 10.2 Å². The second-order valence-corrected chi connectivity index (χ2v) is 6.01. The van der Waals surface area contributed by atoms with E-state index >= 15 is 0 Å². The van der Waals surface area contributed by atoms with E-state index in [-0.39, 0.29) is 17.7 Å². The molecule has 21 heavy (non-hydrogen) atoms. The predicted molar refractivity (Wildman–Crippen MR) is 79.4 cm³/mol. The van der Waals surface area contributed by atoms with Crippen molar-refractivity contribution < 1.29 is 9.59 Å². The standard InChI is InChI=1S/C15H24N4O2/c1-12(2)10-18-11-13(9-14(18)20)15(21)16-5-3-7-19-8-4-6-17-19/h4,6,8,12-13H,3,5,7,9-11H2,1-2H3,(H,16,21)/t13-/m1/s1. The molecule has 2 heterocycles. The Kier molecular flexibility index (Phi) is 5.36. The summed E-state index contributed by atoms with van der Waals surface area (Å²) in [5, 5.41) is 7.03. The Morgan fingerprint density at radius 1 is 1.52 bits per heavy atom. The molecule has 0 aliphatic carbocycles. The largest absolute Gasteiger partial charge is 0.356 e. The first-order chi connectivity index (χ1) is 10.1. The molecule has 6 nitrogen and oxygen atoms in total. The smallest absolute Gasteiger partial charge is 0.225 e. The Hall–Kier alpha value is -1.85. The van der Waals surface area contributed by atoms with E-state index in [9.17, 15) is 9.59 Å². The highest BCUT2D eigenvalue weighted by atomic mass is 16.2. The molecule has 0 spiro atoms. The summed E-state index contributed by atoms with van der Waals surface area (Å²) in [7, 11) is 0. The second kappa shape index (κ2) is 7.24. The molecule has 0 radical (unpaired) electrons. The summed E-state index contributed by atoms with van der Waals surface area (Å²) in [6.45, 7) is 6.86. The van der Waals surface area contributed by atoms with E-state index in [4.69, 9.17) is 0 Å². The highest BCUT2D eigenvalue weighted by Crippen LogP contribution is 2.19. The van der Waals surface area contributed by atoms with Gasteiger partial charge in [-0.2, -0.15) is 5.10 Å². The number of hydrogen-bond donors (Lipinski definition) is 1. The van der Waals surface area contributed by atoms with E-state index in [0.29, 0.717) is 25.4 Å². The van der Waals surface area contributed by atoms with Crippen molar-refractivity contribution in [3.8, 4) is 0 Å². The van der Waals surface area contributed by atoms with Crippen LogP contribution in [0.3, 0.4) is 0 Å². The molecule has 0 aromatic carbocycles. The van der Waals surface area contributed by atoms with Crippen molar-refractivity contribution in [2.75, 3.05) is 19.6 Å². The maximum absolute atomic E-state index is 12.1. The van der Waals surface area contributed by atoms with Crippen LogP contribution < -0.4 is 5.32 Å². The van der Waals surface area contributed by atoms with Gasteiger partial charge in [-0.05, 0) is 18.4 Å². The van der Waals surface area contributed by atoms with E-state index in [1.165, 1.54) is 0 Å². The van der Waals surface area contributed by atoms with Crippen molar-refractivity contribution in [3.63, 3.8) is 0 Å². The molecular formula is C15H24N4O2. The van der Waals surface area contributed by atoms with Crippen LogP contribution in [0.25, 0.3) is 0 Å². The minimum Gasteiger partial charge on any atom is -0.356 e. The lowest BCUT2D eigenvalue weighted by molar-refractivity contribution is -0.129. The van der Waals surface area contributed by atoms with Gasteiger partial charge in [0.15, 0.2) is 0 Å². The Morgan fingerprint density at radius 3 is 3.00 bits per heavy atom. The summed E-state index contributed by atoms with van der Waals surface area (Å²) in [5.74, 6) is 0.334. The van der Waals surface area contributed by atoms with Gasteiger partial charge in [0.1, 0.15) is 0 Å². The quantitative estimate of drug-likeness (QED) is 0.759.